The minimum absolute atomic E-state index is 0.0528. The second-order valence-corrected chi connectivity index (χ2v) is 6.61. The number of benzene rings is 2. The van der Waals surface area contributed by atoms with E-state index in [-0.39, 0.29) is 11.3 Å². The molecular weight excluding hydrogens is 386 g/mol. The highest BCUT2D eigenvalue weighted by Crippen LogP contribution is 2.42. The molecule has 1 aliphatic heterocycles. The second-order valence-electron chi connectivity index (χ2n) is 6.61. The lowest BCUT2D eigenvalue weighted by Crippen LogP contribution is -2.29. The number of hydrogen-bond acceptors (Lipinski definition) is 6. The maximum Gasteiger partial charge on any atom is 0.300 e. The number of ketones is 1. The molecule has 2 heterocycles. The molecular formula is C23H19NO6. The second kappa shape index (κ2) is 7.79. The number of carbonyl (C=O) groups is 2. The highest BCUT2D eigenvalue weighted by molar-refractivity contribution is 6.51. The van der Waals surface area contributed by atoms with Gasteiger partial charge in [0.25, 0.3) is 11.7 Å². The number of carbonyl (C=O) groups excluding carboxylic acids is 2. The Hall–Kier alpha value is -4.00. The third-order valence-electron chi connectivity index (χ3n) is 4.95. The van der Waals surface area contributed by atoms with E-state index in [0.717, 1.165) is 0 Å². The Labute approximate surface area is 172 Å². The lowest BCUT2D eigenvalue weighted by atomic mass is 9.99. The number of furan rings is 1. The molecule has 152 valence electrons. The number of amides is 1. The van der Waals surface area contributed by atoms with Crippen LogP contribution in [0, 0.1) is 0 Å². The molecule has 0 saturated carbocycles. The summed E-state index contributed by atoms with van der Waals surface area (Å²) in [7, 11) is 3.05. The minimum Gasteiger partial charge on any atom is -0.507 e. The summed E-state index contributed by atoms with van der Waals surface area (Å²) in [6, 6.07) is 15.7. The standard InChI is InChI=1S/C23H19NO6/c1-28-16-10-8-14(9-11-16)21(25)19-20(18-7-4-12-30-18)24(23(27)22(19)26)15-5-3-6-17(13-15)29-2/h3-13,20,25H,1-2H3/b21-19-. The lowest BCUT2D eigenvalue weighted by molar-refractivity contribution is -0.132. The summed E-state index contributed by atoms with van der Waals surface area (Å²) >= 11 is 0. The van der Waals surface area contributed by atoms with E-state index in [9.17, 15) is 14.7 Å². The van der Waals surface area contributed by atoms with Crippen molar-refractivity contribution in [2.24, 2.45) is 0 Å². The van der Waals surface area contributed by atoms with E-state index in [1.54, 1.807) is 60.7 Å². The lowest BCUT2D eigenvalue weighted by Gasteiger charge is -2.23. The first kappa shape index (κ1) is 19.3. The van der Waals surface area contributed by atoms with E-state index < -0.39 is 17.7 Å². The molecule has 7 nitrogen and oxygen atoms in total. The fourth-order valence-corrected chi connectivity index (χ4v) is 3.48. The molecule has 1 aromatic heterocycles. The summed E-state index contributed by atoms with van der Waals surface area (Å²) in [5.41, 5.74) is 0.783. The molecule has 1 N–H and O–H groups in total. The average molecular weight is 405 g/mol. The maximum absolute atomic E-state index is 13.0. The zero-order valence-corrected chi connectivity index (χ0v) is 16.4. The molecule has 0 bridgehead atoms. The molecule has 1 aliphatic rings. The average Bonchev–Trinajstić information content (AvgIpc) is 3.40. The number of Topliss-reactive ketones (excluding diaryl/α,β-unsaturated/α-hetero) is 1. The molecule has 30 heavy (non-hydrogen) atoms. The van der Waals surface area contributed by atoms with Gasteiger partial charge in [0, 0.05) is 17.3 Å². The monoisotopic (exact) mass is 405 g/mol. The molecule has 2 aromatic carbocycles. The first-order valence-corrected chi connectivity index (χ1v) is 9.18. The maximum atomic E-state index is 13.0. The van der Waals surface area contributed by atoms with Crippen molar-refractivity contribution in [2.45, 2.75) is 6.04 Å². The normalized spacial score (nSPS) is 17.9. The van der Waals surface area contributed by atoms with Gasteiger partial charge in [0.15, 0.2) is 0 Å². The van der Waals surface area contributed by atoms with Crippen LogP contribution in [0.4, 0.5) is 5.69 Å². The van der Waals surface area contributed by atoms with Gasteiger partial charge in [0.2, 0.25) is 0 Å². The Balaban J connectivity index is 1.89. The quantitative estimate of drug-likeness (QED) is 0.393. The van der Waals surface area contributed by atoms with Crippen LogP contribution in [0.3, 0.4) is 0 Å². The van der Waals surface area contributed by atoms with E-state index in [1.165, 1.54) is 25.4 Å². The van der Waals surface area contributed by atoms with Gasteiger partial charge in [-0.1, -0.05) is 6.07 Å². The van der Waals surface area contributed by atoms with Crippen molar-refractivity contribution < 1.29 is 28.6 Å². The van der Waals surface area contributed by atoms with Crippen LogP contribution in [0.5, 0.6) is 11.5 Å². The zero-order chi connectivity index (χ0) is 21.3. The molecule has 3 aromatic rings. The third kappa shape index (κ3) is 3.20. The zero-order valence-electron chi connectivity index (χ0n) is 16.4. The SMILES string of the molecule is COc1ccc(/C(O)=C2/C(=O)C(=O)N(c3cccc(OC)c3)C2c2ccco2)cc1. The van der Waals surface area contributed by atoms with Crippen molar-refractivity contribution in [1.82, 2.24) is 0 Å². The van der Waals surface area contributed by atoms with E-state index in [4.69, 9.17) is 13.9 Å². The van der Waals surface area contributed by atoms with Crippen LogP contribution < -0.4 is 14.4 Å². The number of ether oxygens (including phenoxy) is 2. The molecule has 7 heteroatoms. The van der Waals surface area contributed by atoms with Crippen molar-refractivity contribution in [1.29, 1.82) is 0 Å². The minimum atomic E-state index is -0.922. The molecule has 4 rings (SSSR count). The van der Waals surface area contributed by atoms with Gasteiger partial charge >= 0.3 is 0 Å². The summed E-state index contributed by atoms with van der Waals surface area (Å²) in [5.74, 6) is -0.365. The van der Waals surface area contributed by atoms with Gasteiger partial charge in [0.1, 0.15) is 29.1 Å². The van der Waals surface area contributed by atoms with Gasteiger partial charge < -0.3 is 19.0 Å². The van der Waals surface area contributed by atoms with Gasteiger partial charge in [-0.25, -0.2) is 0 Å². The molecule has 1 fully saturated rings. The van der Waals surface area contributed by atoms with Crippen LogP contribution in [0.2, 0.25) is 0 Å². The van der Waals surface area contributed by atoms with Crippen LogP contribution in [0.15, 0.2) is 76.9 Å². The summed E-state index contributed by atoms with van der Waals surface area (Å²) in [4.78, 5) is 27.3. The Bertz CT molecular complexity index is 1110. The Morgan fingerprint density at radius 3 is 2.33 bits per heavy atom. The van der Waals surface area contributed by atoms with Crippen LogP contribution in [0.1, 0.15) is 17.4 Å². The highest BCUT2D eigenvalue weighted by atomic mass is 16.5. The van der Waals surface area contributed by atoms with Gasteiger partial charge in [0.05, 0.1) is 26.1 Å². The molecule has 0 aliphatic carbocycles. The molecule has 0 radical (unpaired) electrons. The van der Waals surface area contributed by atoms with Crippen molar-refractivity contribution in [2.75, 3.05) is 19.1 Å². The fourth-order valence-electron chi connectivity index (χ4n) is 3.48. The first-order chi connectivity index (χ1) is 14.5. The fraction of sp³-hybridized carbons (Fsp3) is 0.130. The number of rotatable bonds is 5. The number of hydrogen-bond donors (Lipinski definition) is 1. The van der Waals surface area contributed by atoms with Crippen molar-refractivity contribution >= 4 is 23.1 Å². The smallest absolute Gasteiger partial charge is 0.300 e. The molecule has 1 unspecified atom stereocenters. The van der Waals surface area contributed by atoms with E-state index in [2.05, 4.69) is 0 Å². The van der Waals surface area contributed by atoms with E-state index in [1.807, 2.05) is 0 Å². The van der Waals surface area contributed by atoms with E-state index in [0.29, 0.717) is 28.5 Å². The van der Waals surface area contributed by atoms with Crippen molar-refractivity contribution in [3.05, 3.63) is 83.8 Å². The summed E-state index contributed by atoms with van der Waals surface area (Å²) in [6.07, 6.45) is 1.45. The van der Waals surface area contributed by atoms with Gasteiger partial charge in [-0.3, -0.25) is 14.5 Å². The van der Waals surface area contributed by atoms with Crippen molar-refractivity contribution in [3.8, 4) is 11.5 Å². The van der Waals surface area contributed by atoms with Crippen LogP contribution in [-0.2, 0) is 9.59 Å². The van der Waals surface area contributed by atoms with Gasteiger partial charge in [-0.15, -0.1) is 0 Å². The number of methoxy groups -OCH3 is 2. The number of anilines is 1. The summed E-state index contributed by atoms with van der Waals surface area (Å²) < 4.78 is 15.9. The van der Waals surface area contributed by atoms with Gasteiger partial charge in [-0.05, 0) is 48.5 Å². The van der Waals surface area contributed by atoms with Crippen LogP contribution >= 0.6 is 0 Å². The Kier molecular flexibility index (Phi) is 5.02. The van der Waals surface area contributed by atoms with Gasteiger partial charge in [-0.2, -0.15) is 0 Å². The predicted octanol–water partition coefficient (Wildman–Crippen LogP) is 3.92. The van der Waals surface area contributed by atoms with Crippen molar-refractivity contribution in [3.63, 3.8) is 0 Å². The predicted molar refractivity (Wildman–Crippen MR) is 109 cm³/mol. The summed E-state index contributed by atoms with van der Waals surface area (Å²) in [5, 5.41) is 11.0. The number of nitrogens with zero attached hydrogens (tertiary/aromatic N) is 1. The first-order valence-electron chi connectivity index (χ1n) is 9.18. The molecule has 1 saturated heterocycles. The molecule has 0 spiro atoms. The largest absolute Gasteiger partial charge is 0.507 e. The topological polar surface area (TPSA) is 89.2 Å². The Morgan fingerprint density at radius 1 is 0.967 bits per heavy atom. The van der Waals surface area contributed by atoms with Crippen LogP contribution in [-0.4, -0.2) is 31.0 Å². The number of aliphatic hydroxyl groups excluding tert-OH is 1. The molecule has 1 amide bonds. The Morgan fingerprint density at radius 2 is 1.70 bits per heavy atom. The van der Waals surface area contributed by atoms with Crippen LogP contribution in [0.25, 0.3) is 5.76 Å². The highest BCUT2D eigenvalue weighted by Gasteiger charge is 2.48. The summed E-state index contributed by atoms with van der Waals surface area (Å²) in [6.45, 7) is 0. The number of aliphatic hydroxyl groups is 1. The van der Waals surface area contributed by atoms with E-state index >= 15 is 0 Å². The molecule has 1 atom stereocenters. The third-order valence-corrected chi connectivity index (χ3v) is 4.95.